The molecule has 0 saturated heterocycles. The summed E-state index contributed by atoms with van der Waals surface area (Å²) in [4.78, 5) is 23.9. The summed E-state index contributed by atoms with van der Waals surface area (Å²) in [6, 6.07) is 9.03. The number of fused-ring (bicyclic) bond motifs is 1. The van der Waals surface area contributed by atoms with E-state index in [0.717, 1.165) is 49.0 Å². The summed E-state index contributed by atoms with van der Waals surface area (Å²) in [5.74, 6) is -1.16. The van der Waals surface area contributed by atoms with E-state index >= 15 is 0 Å². The van der Waals surface area contributed by atoms with E-state index in [4.69, 9.17) is 21.8 Å². The van der Waals surface area contributed by atoms with Crippen LogP contribution in [0.25, 0.3) is 0 Å². The van der Waals surface area contributed by atoms with Crippen molar-refractivity contribution in [3.63, 3.8) is 0 Å². The summed E-state index contributed by atoms with van der Waals surface area (Å²) in [6.45, 7) is 2.78. The summed E-state index contributed by atoms with van der Waals surface area (Å²) < 4.78 is 0. The van der Waals surface area contributed by atoms with Gasteiger partial charge in [-0.2, -0.15) is 0 Å². The predicted octanol–water partition coefficient (Wildman–Crippen LogP) is 4.72. The number of carboxylic acids is 2. The van der Waals surface area contributed by atoms with Crippen molar-refractivity contribution < 1.29 is 19.8 Å². The lowest BCUT2D eigenvalue weighted by molar-refractivity contribution is -0.143. The van der Waals surface area contributed by atoms with Gasteiger partial charge in [0.25, 0.3) is 0 Å². The molecule has 9 heteroatoms. The van der Waals surface area contributed by atoms with E-state index in [1.165, 1.54) is 48.8 Å². The second-order valence-corrected chi connectivity index (χ2v) is 9.39. The van der Waals surface area contributed by atoms with Gasteiger partial charge in [-0.3, -0.25) is 9.59 Å². The van der Waals surface area contributed by atoms with Crippen molar-refractivity contribution in [2.45, 2.75) is 70.4 Å². The van der Waals surface area contributed by atoms with E-state index in [-0.39, 0.29) is 12.8 Å². The number of hydrogen-bond acceptors (Lipinski definition) is 6. The van der Waals surface area contributed by atoms with Crippen molar-refractivity contribution in [3.05, 3.63) is 52.2 Å². The smallest absolute Gasteiger partial charge is 0.303 e. The maximum absolute atomic E-state index is 9.64. The van der Waals surface area contributed by atoms with Crippen molar-refractivity contribution in [3.8, 4) is 0 Å². The van der Waals surface area contributed by atoms with Crippen LogP contribution in [0.2, 0.25) is 5.02 Å². The van der Waals surface area contributed by atoms with Crippen LogP contribution in [-0.4, -0.2) is 46.3 Å². The number of aliphatic carboxylic acids is 2. The molecule has 0 bridgehead atoms. The molecule has 0 atom stereocenters. The van der Waals surface area contributed by atoms with Gasteiger partial charge in [-0.1, -0.05) is 43.0 Å². The molecule has 0 spiro atoms. The van der Waals surface area contributed by atoms with Crippen molar-refractivity contribution in [1.82, 2.24) is 10.3 Å². The molecule has 2 heterocycles. The Labute approximate surface area is 211 Å². The third-order valence-corrected chi connectivity index (χ3v) is 6.60. The molecule has 1 aromatic carbocycles. The van der Waals surface area contributed by atoms with E-state index in [2.05, 4.69) is 39.1 Å². The van der Waals surface area contributed by atoms with Gasteiger partial charge in [0.05, 0.1) is 23.6 Å². The van der Waals surface area contributed by atoms with Crippen molar-refractivity contribution >= 4 is 35.0 Å². The highest BCUT2D eigenvalue weighted by atomic mass is 35.5. The average molecular weight is 503 g/mol. The molecule has 0 radical (unpaired) electrons. The lowest BCUT2D eigenvalue weighted by Crippen LogP contribution is -2.22. The van der Waals surface area contributed by atoms with Crippen LogP contribution in [0.1, 0.15) is 61.6 Å². The van der Waals surface area contributed by atoms with Gasteiger partial charge in [-0.15, -0.1) is 0 Å². The van der Waals surface area contributed by atoms with Gasteiger partial charge in [0.1, 0.15) is 5.82 Å². The summed E-state index contributed by atoms with van der Waals surface area (Å²) in [6.07, 6.45) is 10.0. The maximum Gasteiger partial charge on any atom is 0.303 e. The number of hydrogen-bond donors (Lipinski definition) is 5. The zero-order valence-corrected chi connectivity index (χ0v) is 20.7. The van der Waals surface area contributed by atoms with Crippen molar-refractivity contribution in [2.75, 3.05) is 23.7 Å². The molecule has 1 fully saturated rings. The van der Waals surface area contributed by atoms with E-state index in [1.807, 2.05) is 12.3 Å². The van der Waals surface area contributed by atoms with Crippen LogP contribution in [0.3, 0.4) is 0 Å². The van der Waals surface area contributed by atoms with Crippen LogP contribution >= 0.6 is 11.6 Å². The number of carbonyl (C=O) groups is 2. The van der Waals surface area contributed by atoms with Gasteiger partial charge in [-0.25, -0.2) is 4.98 Å². The number of carboxylic acid groups (broad SMARTS) is 2. The van der Waals surface area contributed by atoms with Crippen molar-refractivity contribution in [1.29, 1.82) is 0 Å². The molecule has 190 valence electrons. The van der Waals surface area contributed by atoms with E-state index in [9.17, 15) is 9.59 Å². The molecule has 35 heavy (non-hydrogen) atoms. The monoisotopic (exact) mass is 502 g/mol. The molecule has 4 rings (SSSR count). The number of nitrogens with zero attached hydrogens (tertiary/aromatic N) is 1. The Morgan fingerprint density at radius 1 is 1.00 bits per heavy atom. The Morgan fingerprint density at radius 2 is 1.71 bits per heavy atom. The van der Waals surface area contributed by atoms with E-state index in [1.54, 1.807) is 0 Å². The van der Waals surface area contributed by atoms with Gasteiger partial charge in [0.15, 0.2) is 0 Å². The second kappa shape index (κ2) is 13.9. The SMILES string of the molecule is Clc1ccc2c(c1NCc1ccc(NC3CCCCC3)nc1)CCNCC2.O=C(O)CCC(=O)O. The first kappa shape index (κ1) is 26.8. The highest BCUT2D eigenvalue weighted by molar-refractivity contribution is 6.33. The number of anilines is 2. The van der Waals surface area contributed by atoms with Crippen LogP contribution in [0.15, 0.2) is 30.5 Å². The minimum absolute atomic E-state index is 0.296. The van der Waals surface area contributed by atoms with E-state index in [0.29, 0.717) is 6.04 Å². The van der Waals surface area contributed by atoms with Crippen LogP contribution in [-0.2, 0) is 29.0 Å². The maximum atomic E-state index is 9.64. The molecule has 0 unspecified atom stereocenters. The Balaban J connectivity index is 0.000000371. The number of rotatable bonds is 8. The van der Waals surface area contributed by atoms with Gasteiger partial charge >= 0.3 is 11.9 Å². The number of nitrogens with one attached hydrogen (secondary N) is 3. The lowest BCUT2D eigenvalue weighted by atomic mass is 9.95. The first-order valence-corrected chi connectivity index (χ1v) is 12.7. The molecule has 1 aromatic heterocycles. The first-order valence-electron chi connectivity index (χ1n) is 12.3. The average Bonchev–Trinajstić information content (AvgIpc) is 3.10. The second-order valence-electron chi connectivity index (χ2n) is 8.98. The molecular weight excluding hydrogens is 468 g/mol. The minimum atomic E-state index is -1.08. The fourth-order valence-electron chi connectivity index (χ4n) is 4.41. The zero-order valence-electron chi connectivity index (χ0n) is 20.0. The molecular formula is C26H35ClN4O4. The topological polar surface area (TPSA) is 124 Å². The molecule has 1 aliphatic heterocycles. The Morgan fingerprint density at radius 3 is 2.37 bits per heavy atom. The molecule has 5 N–H and O–H groups in total. The van der Waals surface area contributed by atoms with Gasteiger partial charge in [0, 0.05) is 18.8 Å². The fourth-order valence-corrected chi connectivity index (χ4v) is 4.65. The van der Waals surface area contributed by atoms with E-state index < -0.39 is 11.9 Å². The van der Waals surface area contributed by atoms with Crippen molar-refractivity contribution in [2.24, 2.45) is 0 Å². The number of aromatic nitrogens is 1. The van der Waals surface area contributed by atoms with Gasteiger partial charge < -0.3 is 26.2 Å². The molecule has 1 saturated carbocycles. The predicted molar refractivity (Wildman–Crippen MR) is 138 cm³/mol. The lowest BCUT2D eigenvalue weighted by Gasteiger charge is -2.23. The Bertz CT molecular complexity index is 964. The third kappa shape index (κ3) is 9.03. The zero-order chi connectivity index (χ0) is 25.0. The number of pyridine rings is 1. The molecule has 0 amide bonds. The highest BCUT2D eigenvalue weighted by Gasteiger charge is 2.15. The van der Waals surface area contributed by atoms with Gasteiger partial charge in [-0.05, 0) is 67.6 Å². The quantitative estimate of drug-likeness (QED) is 0.351. The minimum Gasteiger partial charge on any atom is -0.481 e. The molecule has 1 aliphatic carbocycles. The standard InChI is InChI=1S/C22H29ClN4.C4H6O4/c23-20-8-7-17-10-12-24-13-11-19(17)22(20)26-15-16-6-9-21(25-14-16)27-18-4-2-1-3-5-18;5-3(6)1-2-4(7)8/h6-9,14,18,24,26H,1-5,10-13,15H2,(H,25,27);1-2H2,(H,5,6)(H,7,8). The molecule has 8 nitrogen and oxygen atoms in total. The van der Waals surface area contributed by atoms with Crippen LogP contribution in [0.5, 0.6) is 0 Å². The largest absolute Gasteiger partial charge is 0.481 e. The summed E-state index contributed by atoms with van der Waals surface area (Å²) in [5.41, 5.74) is 5.01. The summed E-state index contributed by atoms with van der Waals surface area (Å²) in [7, 11) is 0. The highest BCUT2D eigenvalue weighted by Crippen LogP contribution is 2.31. The van der Waals surface area contributed by atoms with Crippen LogP contribution in [0, 0.1) is 0 Å². The number of benzene rings is 1. The Hall–Kier alpha value is -2.84. The first-order chi connectivity index (χ1) is 16.9. The van der Waals surface area contributed by atoms with Crippen LogP contribution < -0.4 is 16.0 Å². The fraction of sp³-hybridized carbons (Fsp3) is 0.500. The summed E-state index contributed by atoms with van der Waals surface area (Å²) in [5, 5.41) is 27.2. The number of halogens is 1. The molecule has 2 aromatic rings. The molecule has 2 aliphatic rings. The summed E-state index contributed by atoms with van der Waals surface area (Å²) >= 11 is 6.51. The normalized spacial score (nSPS) is 15.7. The van der Waals surface area contributed by atoms with Gasteiger partial charge in [0.2, 0.25) is 0 Å². The third-order valence-electron chi connectivity index (χ3n) is 6.29. The Kier molecular flexibility index (Phi) is 10.6. The van der Waals surface area contributed by atoms with Crippen LogP contribution in [0.4, 0.5) is 11.5 Å².